The fourth-order valence-electron chi connectivity index (χ4n) is 4.10. The maximum absolute atomic E-state index is 12.1. The molecule has 9 heteroatoms. The lowest BCUT2D eigenvalue weighted by Crippen LogP contribution is -2.33. The maximum atomic E-state index is 12.1. The van der Waals surface area contributed by atoms with Gasteiger partial charge in [-0.2, -0.15) is 0 Å². The highest BCUT2D eigenvalue weighted by atomic mass is 16.6. The summed E-state index contributed by atoms with van der Waals surface area (Å²) in [7, 11) is 0. The molecule has 3 heterocycles. The van der Waals surface area contributed by atoms with E-state index in [1.54, 1.807) is 24.0 Å². The summed E-state index contributed by atoms with van der Waals surface area (Å²) in [5, 5.41) is 3.58. The van der Waals surface area contributed by atoms with E-state index in [9.17, 15) is 9.59 Å². The van der Waals surface area contributed by atoms with Gasteiger partial charge in [0.25, 0.3) is 0 Å². The first-order valence-electron chi connectivity index (χ1n) is 11.5. The number of nitrogens with one attached hydrogen (secondary N) is 1. The van der Waals surface area contributed by atoms with Crippen molar-refractivity contribution in [3.05, 3.63) is 47.9 Å². The maximum Gasteiger partial charge on any atom is 0.409 e. The second-order valence-corrected chi connectivity index (χ2v) is 7.95. The van der Waals surface area contributed by atoms with E-state index in [-0.39, 0.29) is 17.9 Å². The van der Waals surface area contributed by atoms with Crippen LogP contribution in [-0.4, -0.2) is 58.9 Å². The van der Waals surface area contributed by atoms with Gasteiger partial charge in [-0.25, -0.2) is 14.6 Å². The Labute approximate surface area is 192 Å². The molecule has 0 aliphatic carbocycles. The summed E-state index contributed by atoms with van der Waals surface area (Å²) in [4.78, 5) is 30.6. The molecule has 176 valence electrons. The van der Waals surface area contributed by atoms with Gasteiger partial charge in [-0.3, -0.25) is 0 Å². The minimum atomic E-state index is -0.470. The number of carbonyl (C=O) groups excluding carboxylic acids is 2. The van der Waals surface area contributed by atoms with Crippen molar-refractivity contribution in [3.63, 3.8) is 0 Å². The minimum Gasteiger partial charge on any atom is -0.460 e. The molecule has 33 heavy (non-hydrogen) atoms. The quantitative estimate of drug-likeness (QED) is 0.532. The van der Waals surface area contributed by atoms with Crippen molar-refractivity contribution in [2.24, 2.45) is 0 Å². The van der Waals surface area contributed by atoms with Crippen molar-refractivity contribution in [2.45, 2.75) is 45.7 Å². The Morgan fingerprint density at radius 2 is 1.91 bits per heavy atom. The van der Waals surface area contributed by atoms with Crippen LogP contribution in [0.15, 0.2) is 40.8 Å². The van der Waals surface area contributed by atoms with Gasteiger partial charge in [0.1, 0.15) is 5.76 Å². The van der Waals surface area contributed by atoms with Crippen molar-refractivity contribution in [1.82, 2.24) is 14.5 Å². The van der Waals surface area contributed by atoms with Crippen molar-refractivity contribution in [2.75, 3.05) is 31.6 Å². The summed E-state index contributed by atoms with van der Waals surface area (Å²) < 4.78 is 18.0. The molecular formula is C24H30N4O5. The number of aromatic nitrogens is 2. The van der Waals surface area contributed by atoms with Crippen LogP contribution in [0.5, 0.6) is 0 Å². The summed E-state index contributed by atoms with van der Waals surface area (Å²) >= 11 is 0. The number of amides is 1. The number of rotatable bonds is 7. The third-order valence-corrected chi connectivity index (χ3v) is 5.69. The highest BCUT2D eigenvalue weighted by Gasteiger charge is 2.23. The predicted molar refractivity (Wildman–Crippen MR) is 123 cm³/mol. The zero-order chi connectivity index (χ0) is 23.2. The van der Waals surface area contributed by atoms with Crippen LogP contribution in [0, 0.1) is 0 Å². The third-order valence-electron chi connectivity index (χ3n) is 5.69. The van der Waals surface area contributed by atoms with Crippen LogP contribution in [0.2, 0.25) is 0 Å². The summed E-state index contributed by atoms with van der Waals surface area (Å²) in [6.45, 7) is 6.00. The van der Waals surface area contributed by atoms with Crippen LogP contribution in [-0.2, 0) is 16.0 Å². The van der Waals surface area contributed by atoms with Gasteiger partial charge in [0, 0.05) is 19.1 Å². The Morgan fingerprint density at radius 1 is 1.09 bits per heavy atom. The first-order chi connectivity index (χ1) is 16.1. The average molecular weight is 455 g/mol. The molecule has 1 aromatic carbocycles. The van der Waals surface area contributed by atoms with Crippen molar-refractivity contribution < 1.29 is 23.5 Å². The number of nitrogens with zero attached hydrogens (tertiary/aromatic N) is 3. The average Bonchev–Trinajstić information content (AvgIpc) is 3.33. The van der Waals surface area contributed by atoms with Gasteiger partial charge in [-0.1, -0.05) is 12.1 Å². The number of hydrogen-bond donors (Lipinski definition) is 1. The van der Waals surface area contributed by atoms with E-state index < -0.39 is 5.97 Å². The Bertz CT molecular complexity index is 1110. The van der Waals surface area contributed by atoms with Gasteiger partial charge in [0.15, 0.2) is 0 Å². The number of ether oxygens (including phenoxy) is 2. The molecule has 0 bridgehead atoms. The van der Waals surface area contributed by atoms with E-state index in [1.165, 1.54) is 0 Å². The molecule has 4 rings (SSSR count). The molecule has 0 radical (unpaired) electrons. The van der Waals surface area contributed by atoms with Gasteiger partial charge >= 0.3 is 12.1 Å². The number of fused-ring (bicyclic) bond motifs is 1. The van der Waals surface area contributed by atoms with Gasteiger partial charge in [-0.05, 0) is 57.4 Å². The Balaban J connectivity index is 1.52. The van der Waals surface area contributed by atoms with Gasteiger partial charge in [-0.15, -0.1) is 0 Å². The van der Waals surface area contributed by atoms with Crippen molar-refractivity contribution in [1.29, 1.82) is 0 Å². The number of anilines is 1. The van der Waals surface area contributed by atoms with Crippen LogP contribution >= 0.6 is 0 Å². The Hall–Kier alpha value is -3.49. The number of benzene rings is 1. The molecule has 1 aliphatic rings. The summed E-state index contributed by atoms with van der Waals surface area (Å²) in [6, 6.07) is 11.5. The molecule has 0 spiro atoms. The van der Waals surface area contributed by atoms with E-state index >= 15 is 0 Å². The molecule has 1 atom stereocenters. The molecule has 1 aliphatic heterocycles. The molecule has 9 nitrogen and oxygen atoms in total. The van der Waals surface area contributed by atoms with Crippen LogP contribution < -0.4 is 5.32 Å². The fourth-order valence-corrected chi connectivity index (χ4v) is 4.10. The number of esters is 1. The van der Waals surface area contributed by atoms with E-state index in [4.69, 9.17) is 18.9 Å². The standard InChI is InChI=1S/C24H30N4O5/c1-3-31-22(29)21-12-11-18(33-21)16-28-20-10-6-5-9-19(20)26-23(28)25-17-8-7-14-27(15-13-17)24(30)32-4-2/h5-6,9-12,17H,3-4,7-8,13-16H2,1-2H3,(H,25,26). The van der Waals surface area contributed by atoms with Crippen LogP contribution in [0.1, 0.15) is 49.4 Å². The lowest BCUT2D eigenvalue weighted by molar-refractivity contribution is 0.0488. The second-order valence-electron chi connectivity index (χ2n) is 7.95. The Morgan fingerprint density at radius 3 is 2.73 bits per heavy atom. The Kier molecular flexibility index (Phi) is 7.16. The number of para-hydroxylation sites is 2. The lowest BCUT2D eigenvalue weighted by Gasteiger charge is -2.20. The monoisotopic (exact) mass is 454 g/mol. The molecule has 1 amide bonds. The van der Waals surface area contributed by atoms with Gasteiger partial charge in [0.2, 0.25) is 11.7 Å². The molecular weight excluding hydrogens is 424 g/mol. The van der Waals surface area contributed by atoms with Crippen LogP contribution in [0.4, 0.5) is 10.7 Å². The second kappa shape index (κ2) is 10.4. The predicted octanol–water partition coefficient (Wildman–Crippen LogP) is 4.28. The molecule has 1 unspecified atom stereocenters. The lowest BCUT2D eigenvalue weighted by atomic mass is 10.1. The zero-order valence-corrected chi connectivity index (χ0v) is 19.1. The van der Waals surface area contributed by atoms with Crippen LogP contribution in [0.3, 0.4) is 0 Å². The van der Waals surface area contributed by atoms with E-state index in [0.717, 1.165) is 36.2 Å². The topological polar surface area (TPSA) is 98.8 Å². The highest BCUT2D eigenvalue weighted by molar-refractivity contribution is 5.86. The highest BCUT2D eigenvalue weighted by Crippen LogP contribution is 2.24. The third kappa shape index (κ3) is 5.30. The molecule has 2 aromatic heterocycles. The summed E-state index contributed by atoms with van der Waals surface area (Å²) in [6.07, 6.45) is 2.36. The summed E-state index contributed by atoms with van der Waals surface area (Å²) in [5.41, 5.74) is 1.84. The van der Waals surface area contributed by atoms with Gasteiger partial charge in [0.05, 0.1) is 30.8 Å². The number of carbonyl (C=O) groups is 2. The number of likely N-dealkylation sites (tertiary alicyclic amines) is 1. The van der Waals surface area contributed by atoms with Gasteiger partial charge < -0.3 is 28.7 Å². The van der Waals surface area contributed by atoms with E-state index in [2.05, 4.69) is 9.88 Å². The number of hydrogen-bond acceptors (Lipinski definition) is 7. The normalized spacial score (nSPS) is 16.4. The molecule has 0 saturated carbocycles. The first-order valence-corrected chi connectivity index (χ1v) is 11.5. The van der Waals surface area contributed by atoms with Crippen molar-refractivity contribution >= 4 is 29.0 Å². The van der Waals surface area contributed by atoms with E-state index in [0.29, 0.717) is 38.6 Å². The van der Waals surface area contributed by atoms with Crippen molar-refractivity contribution in [3.8, 4) is 0 Å². The zero-order valence-electron chi connectivity index (χ0n) is 19.1. The molecule has 1 N–H and O–H groups in total. The fraction of sp³-hybridized carbons (Fsp3) is 0.458. The molecule has 1 fully saturated rings. The smallest absolute Gasteiger partial charge is 0.409 e. The number of imidazole rings is 1. The van der Waals surface area contributed by atoms with E-state index in [1.807, 2.05) is 31.2 Å². The first kappa shape index (κ1) is 22.7. The minimum absolute atomic E-state index is 0.173. The largest absolute Gasteiger partial charge is 0.460 e. The summed E-state index contributed by atoms with van der Waals surface area (Å²) in [5.74, 6) is 1.09. The molecule has 3 aromatic rings. The molecule has 1 saturated heterocycles. The SMILES string of the molecule is CCOC(=O)c1ccc(Cn2c(NC3CCCN(C(=O)OCC)CC3)nc3ccccc32)o1. The van der Waals surface area contributed by atoms with Crippen LogP contribution in [0.25, 0.3) is 11.0 Å². The number of furan rings is 1.